The van der Waals surface area contributed by atoms with Crippen LogP contribution in [0.2, 0.25) is 0 Å². The molecule has 0 saturated heterocycles. The zero-order valence-electron chi connectivity index (χ0n) is 14.5. The molecule has 6 heteroatoms. The van der Waals surface area contributed by atoms with Gasteiger partial charge in [-0.25, -0.2) is 14.2 Å². The second kappa shape index (κ2) is 6.49. The molecule has 0 unspecified atom stereocenters. The molecule has 2 N–H and O–H groups in total. The first-order valence-corrected chi connectivity index (χ1v) is 8.31. The molecule has 6 nitrogen and oxygen atoms in total. The highest BCUT2D eigenvalue weighted by Crippen LogP contribution is 2.32. The van der Waals surface area contributed by atoms with Crippen LogP contribution in [-0.2, 0) is 4.74 Å². The first-order valence-electron chi connectivity index (χ1n) is 8.31. The lowest BCUT2D eigenvalue weighted by molar-refractivity contribution is 0.0602. The predicted octanol–water partition coefficient (Wildman–Crippen LogP) is 4.85. The molecule has 0 amide bonds. The number of nitrogens with zero attached hydrogens (tertiary/aromatic N) is 1. The molecule has 3 aromatic carbocycles. The quantitative estimate of drug-likeness (QED) is 0.511. The largest absolute Gasteiger partial charge is 0.465 e. The number of aromatic nitrogens is 1. The molecular weight excluding hydrogens is 344 g/mol. The molecule has 0 saturated carbocycles. The van der Waals surface area contributed by atoms with Gasteiger partial charge in [0.25, 0.3) is 0 Å². The second-order valence-electron chi connectivity index (χ2n) is 6.03. The maximum atomic E-state index is 12.0. The van der Waals surface area contributed by atoms with Gasteiger partial charge in [0.15, 0.2) is 0 Å². The maximum absolute atomic E-state index is 12.0. The highest BCUT2D eigenvalue weighted by atomic mass is 16.5. The summed E-state index contributed by atoms with van der Waals surface area (Å²) in [5, 5.41) is 14.5. The van der Waals surface area contributed by atoms with Crippen molar-refractivity contribution in [2.24, 2.45) is 0 Å². The number of esters is 1. The molecule has 1 aromatic heterocycles. The van der Waals surface area contributed by atoms with Crippen molar-refractivity contribution in [3.63, 3.8) is 0 Å². The van der Waals surface area contributed by atoms with Crippen LogP contribution in [0.1, 0.15) is 10.4 Å². The van der Waals surface area contributed by atoms with Crippen molar-refractivity contribution in [3.05, 3.63) is 72.3 Å². The number of carboxylic acid groups (broad SMARTS) is 1. The number of hydrogen-bond donors (Lipinski definition) is 2. The third-order valence-corrected chi connectivity index (χ3v) is 4.48. The molecule has 0 radical (unpaired) electrons. The van der Waals surface area contributed by atoms with E-state index >= 15 is 0 Å². The summed E-state index contributed by atoms with van der Waals surface area (Å²) in [5.74, 6) is -0.429. The molecule has 134 valence electrons. The number of para-hydroxylation sites is 2. The summed E-state index contributed by atoms with van der Waals surface area (Å²) in [6, 6.07) is 19.8. The van der Waals surface area contributed by atoms with Crippen LogP contribution < -0.4 is 5.32 Å². The number of anilines is 2. The van der Waals surface area contributed by atoms with E-state index in [0.717, 1.165) is 16.5 Å². The zero-order valence-corrected chi connectivity index (χ0v) is 14.5. The minimum atomic E-state index is -1.03. The van der Waals surface area contributed by atoms with Crippen LogP contribution in [-0.4, -0.2) is 28.8 Å². The standard InChI is InChI=1S/C21H16N2O4/c1-27-20(24)15-7-2-4-8-17(15)22-13-10-11-19-16(12-13)14-6-3-5-9-18(14)23(19)21(25)26/h2-12,22H,1H3,(H,25,26). The second-order valence-corrected chi connectivity index (χ2v) is 6.03. The predicted molar refractivity (Wildman–Crippen MR) is 104 cm³/mol. The molecule has 1 heterocycles. The zero-order chi connectivity index (χ0) is 19.0. The molecule has 0 aliphatic heterocycles. The van der Waals surface area contributed by atoms with E-state index in [1.807, 2.05) is 30.3 Å². The number of nitrogens with one attached hydrogen (secondary N) is 1. The maximum Gasteiger partial charge on any atom is 0.416 e. The summed E-state index contributed by atoms with van der Waals surface area (Å²) in [7, 11) is 1.34. The lowest BCUT2D eigenvalue weighted by Crippen LogP contribution is -2.07. The lowest BCUT2D eigenvalue weighted by Gasteiger charge is -2.11. The first-order chi connectivity index (χ1) is 13.1. The fourth-order valence-corrected chi connectivity index (χ4v) is 3.29. The highest BCUT2D eigenvalue weighted by Gasteiger charge is 2.16. The van der Waals surface area contributed by atoms with E-state index in [-0.39, 0.29) is 0 Å². The Balaban J connectivity index is 1.85. The normalized spacial score (nSPS) is 10.9. The topological polar surface area (TPSA) is 80.6 Å². The van der Waals surface area contributed by atoms with E-state index in [1.54, 1.807) is 36.4 Å². The Labute approximate surface area is 154 Å². The van der Waals surface area contributed by atoms with Crippen molar-refractivity contribution in [1.82, 2.24) is 4.57 Å². The van der Waals surface area contributed by atoms with E-state index in [9.17, 15) is 14.7 Å². The van der Waals surface area contributed by atoms with Gasteiger partial charge in [0.1, 0.15) is 0 Å². The number of ether oxygens (including phenoxy) is 1. The van der Waals surface area contributed by atoms with Gasteiger partial charge in [-0.3, -0.25) is 0 Å². The van der Waals surface area contributed by atoms with Gasteiger partial charge in [0, 0.05) is 16.5 Å². The fraction of sp³-hybridized carbons (Fsp3) is 0.0476. The first kappa shape index (κ1) is 16.7. The minimum Gasteiger partial charge on any atom is -0.465 e. The minimum absolute atomic E-state index is 0.424. The summed E-state index contributed by atoms with van der Waals surface area (Å²) in [5.41, 5.74) is 3.02. The Morgan fingerprint density at radius 1 is 0.926 bits per heavy atom. The summed E-state index contributed by atoms with van der Waals surface area (Å²) in [4.78, 5) is 23.7. The summed E-state index contributed by atoms with van der Waals surface area (Å²) in [6.07, 6.45) is -1.03. The Bertz CT molecular complexity index is 1190. The van der Waals surface area contributed by atoms with Crippen LogP contribution in [0.4, 0.5) is 16.2 Å². The summed E-state index contributed by atoms with van der Waals surface area (Å²) < 4.78 is 6.10. The lowest BCUT2D eigenvalue weighted by atomic mass is 10.1. The molecule has 0 fully saturated rings. The van der Waals surface area contributed by atoms with E-state index in [0.29, 0.717) is 22.3 Å². The van der Waals surface area contributed by atoms with Crippen LogP contribution in [0.15, 0.2) is 66.7 Å². The molecule has 0 aliphatic rings. The molecule has 0 spiro atoms. The Morgan fingerprint density at radius 2 is 1.63 bits per heavy atom. The van der Waals surface area contributed by atoms with Gasteiger partial charge in [-0.1, -0.05) is 30.3 Å². The van der Waals surface area contributed by atoms with Gasteiger partial charge >= 0.3 is 12.1 Å². The van der Waals surface area contributed by atoms with Crippen LogP contribution in [0.5, 0.6) is 0 Å². The average molecular weight is 360 g/mol. The number of carbonyl (C=O) groups is 2. The molecule has 4 aromatic rings. The average Bonchev–Trinajstić information content (AvgIpc) is 3.02. The smallest absolute Gasteiger partial charge is 0.416 e. The summed E-state index contributed by atoms with van der Waals surface area (Å²) >= 11 is 0. The Hall–Kier alpha value is -3.80. The molecular formula is C21H16N2O4. The number of benzene rings is 3. The van der Waals surface area contributed by atoms with Crippen molar-refractivity contribution in [2.45, 2.75) is 0 Å². The summed E-state index contributed by atoms with van der Waals surface area (Å²) in [6.45, 7) is 0. The van der Waals surface area contributed by atoms with Crippen molar-refractivity contribution >= 4 is 45.2 Å². The van der Waals surface area contributed by atoms with Gasteiger partial charge in [-0.15, -0.1) is 0 Å². The van der Waals surface area contributed by atoms with Gasteiger partial charge in [0.05, 0.1) is 29.4 Å². The SMILES string of the molecule is COC(=O)c1ccccc1Nc1ccc2c(c1)c1ccccc1n2C(=O)O. The van der Waals surface area contributed by atoms with Gasteiger partial charge in [0.2, 0.25) is 0 Å². The molecule has 4 rings (SSSR count). The number of fused-ring (bicyclic) bond motifs is 3. The Kier molecular flexibility index (Phi) is 4.01. The molecule has 27 heavy (non-hydrogen) atoms. The van der Waals surface area contributed by atoms with E-state index in [1.165, 1.54) is 11.7 Å². The van der Waals surface area contributed by atoms with E-state index in [2.05, 4.69) is 5.32 Å². The molecule has 0 aliphatic carbocycles. The monoisotopic (exact) mass is 360 g/mol. The van der Waals surface area contributed by atoms with Crippen molar-refractivity contribution in [1.29, 1.82) is 0 Å². The van der Waals surface area contributed by atoms with Gasteiger partial charge in [-0.05, 0) is 36.4 Å². The Morgan fingerprint density at radius 3 is 2.41 bits per heavy atom. The molecule has 0 bridgehead atoms. The van der Waals surface area contributed by atoms with Gasteiger partial charge in [-0.2, -0.15) is 0 Å². The van der Waals surface area contributed by atoms with Crippen molar-refractivity contribution in [3.8, 4) is 0 Å². The van der Waals surface area contributed by atoms with Crippen molar-refractivity contribution < 1.29 is 19.4 Å². The highest BCUT2D eigenvalue weighted by molar-refractivity contribution is 6.13. The fourth-order valence-electron chi connectivity index (χ4n) is 3.29. The van der Waals surface area contributed by atoms with Crippen molar-refractivity contribution in [2.75, 3.05) is 12.4 Å². The van der Waals surface area contributed by atoms with Gasteiger partial charge < -0.3 is 15.2 Å². The van der Waals surface area contributed by atoms with E-state index < -0.39 is 12.1 Å². The van der Waals surface area contributed by atoms with Crippen LogP contribution in [0.25, 0.3) is 21.8 Å². The van der Waals surface area contributed by atoms with E-state index in [4.69, 9.17) is 4.74 Å². The number of hydrogen-bond acceptors (Lipinski definition) is 4. The number of carbonyl (C=O) groups excluding carboxylic acids is 1. The third kappa shape index (κ3) is 2.77. The van der Waals surface area contributed by atoms with Crippen LogP contribution >= 0.6 is 0 Å². The van der Waals surface area contributed by atoms with Crippen LogP contribution in [0, 0.1) is 0 Å². The molecule has 0 atom stereocenters. The number of rotatable bonds is 3. The third-order valence-electron chi connectivity index (χ3n) is 4.48. The van der Waals surface area contributed by atoms with Crippen LogP contribution in [0.3, 0.4) is 0 Å². The number of methoxy groups -OCH3 is 1.